The predicted octanol–water partition coefficient (Wildman–Crippen LogP) is 1.73. The van der Waals surface area contributed by atoms with Crippen LogP contribution in [0.5, 0.6) is 0 Å². The average Bonchev–Trinajstić information content (AvgIpc) is 2.82. The van der Waals surface area contributed by atoms with Gasteiger partial charge in [-0.1, -0.05) is 6.07 Å². The first-order chi connectivity index (χ1) is 8.83. The number of hydrogen-bond acceptors (Lipinski definition) is 4. The van der Waals surface area contributed by atoms with Crippen molar-refractivity contribution in [2.75, 3.05) is 26.9 Å². The second kappa shape index (κ2) is 6.61. The summed E-state index contributed by atoms with van der Waals surface area (Å²) in [6.45, 7) is 1.59. The van der Waals surface area contributed by atoms with Gasteiger partial charge in [0.15, 0.2) is 0 Å². The first kappa shape index (κ1) is 13.2. The minimum Gasteiger partial charge on any atom is -0.382 e. The summed E-state index contributed by atoms with van der Waals surface area (Å²) in [6, 6.07) is 3.99. The van der Waals surface area contributed by atoms with Gasteiger partial charge in [0.05, 0.1) is 31.4 Å². The summed E-state index contributed by atoms with van der Waals surface area (Å²) in [4.78, 5) is 16.4. The predicted molar refractivity (Wildman–Crippen MR) is 67.6 cm³/mol. The van der Waals surface area contributed by atoms with Crippen molar-refractivity contribution >= 4 is 5.78 Å². The number of ketones is 1. The van der Waals surface area contributed by atoms with Crippen LogP contribution in [0.1, 0.15) is 30.0 Å². The Morgan fingerprint density at radius 2 is 2.33 bits per heavy atom. The Morgan fingerprint density at radius 3 is 3.17 bits per heavy atom. The molecule has 18 heavy (non-hydrogen) atoms. The molecule has 1 heterocycles. The summed E-state index contributed by atoms with van der Waals surface area (Å²) in [5.74, 6) is 0.220. The second-order valence-electron chi connectivity index (χ2n) is 4.46. The molecular formula is C14H19NO3. The Kier molecular flexibility index (Phi) is 4.84. The zero-order valence-corrected chi connectivity index (χ0v) is 10.7. The van der Waals surface area contributed by atoms with Gasteiger partial charge in [-0.05, 0) is 24.5 Å². The highest BCUT2D eigenvalue weighted by Crippen LogP contribution is 2.32. The fraction of sp³-hybridized carbons (Fsp3) is 0.571. The maximum Gasteiger partial charge on any atom is 0.144 e. The van der Waals surface area contributed by atoms with E-state index < -0.39 is 0 Å². The number of carbonyl (C=O) groups is 1. The standard InChI is InChI=1S/C14H19NO3/c1-17-9-10-18-8-6-13(16)12-5-4-11-3-2-7-15-14(11)12/h2-3,7,12H,4-6,8-10H2,1H3. The van der Waals surface area contributed by atoms with Crippen molar-refractivity contribution in [3.05, 3.63) is 29.6 Å². The van der Waals surface area contributed by atoms with Gasteiger partial charge in [0.1, 0.15) is 5.78 Å². The Balaban J connectivity index is 1.80. The molecule has 2 rings (SSSR count). The van der Waals surface area contributed by atoms with Crippen molar-refractivity contribution in [3.8, 4) is 0 Å². The summed E-state index contributed by atoms with van der Waals surface area (Å²) in [5, 5.41) is 0. The first-order valence-corrected chi connectivity index (χ1v) is 6.36. The van der Waals surface area contributed by atoms with Crippen LogP contribution < -0.4 is 0 Å². The van der Waals surface area contributed by atoms with Crippen LogP contribution in [0.4, 0.5) is 0 Å². The van der Waals surface area contributed by atoms with Crippen LogP contribution in [0.15, 0.2) is 18.3 Å². The van der Waals surface area contributed by atoms with Gasteiger partial charge >= 0.3 is 0 Å². The fourth-order valence-corrected chi connectivity index (χ4v) is 2.32. The van der Waals surface area contributed by atoms with Gasteiger partial charge < -0.3 is 9.47 Å². The molecule has 1 aliphatic carbocycles. The van der Waals surface area contributed by atoms with Crippen LogP contribution in [-0.2, 0) is 20.7 Å². The summed E-state index contributed by atoms with van der Waals surface area (Å²) in [5.41, 5.74) is 2.19. The smallest absolute Gasteiger partial charge is 0.144 e. The van der Waals surface area contributed by atoms with E-state index in [1.165, 1.54) is 5.56 Å². The number of Topliss-reactive ketones (excluding diaryl/α,β-unsaturated/α-hetero) is 1. The van der Waals surface area contributed by atoms with Crippen molar-refractivity contribution < 1.29 is 14.3 Å². The third-order valence-corrected chi connectivity index (χ3v) is 3.27. The molecule has 1 unspecified atom stereocenters. The second-order valence-corrected chi connectivity index (χ2v) is 4.46. The molecule has 0 saturated heterocycles. The van der Waals surface area contributed by atoms with Crippen LogP contribution in [-0.4, -0.2) is 37.7 Å². The molecule has 1 aliphatic rings. The third kappa shape index (κ3) is 3.15. The van der Waals surface area contributed by atoms with Gasteiger partial charge in [-0.2, -0.15) is 0 Å². The molecule has 0 bridgehead atoms. The molecular weight excluding hydrogens is 230 g/mol. The van der Waals surface area contributed by atoms with Gasteiger partial charge in [-0.15, -0.1) is 0 Å². The van der Waals surface area contributed by atoms with Crippen molar-refractivity contribution in [3.63, 3.8) is 0 Å². The van der Waals surface area contributed by atoms with E-state index in [9.17, 15) is 4.79 Å². The summed E-state index contributed by atoms with van der Waals surface area (Å²) < 4.78 is 10.2. The summed E-state index contributed by atoms with van der Waals surface area (Å²) in [7, 11) is 1.63. The molecule has 98 valence electrons. The SMILES string of the molecule is COCCOCCC(=O)C1CCc2cccnc21. The Labute approximate surface area is 107 Å². The molecule has 0 aliphatic heterocycles. The zero-order valence-electron chi connectivity index (χ0n) is 10.7. The largest absolute Gasteiger partial charge is 0.382 e. The van der Waals surface area contributed by atoms with Crippen molar-refractivity contribution in [1.82, 2.24) is 4.98 Å². The Bertz CT molecular complexity index is 406. The summed E-state index contributed by atoms with van der Waals surface area (Å²) in [6.07, 6.45) is 4.08. The van der Waals surface area contributed by atoms with Crippen LogP contribution in [0.25, 0.3) is 0 Å². The number of aryl methyl sites for hydroxylation is 1. The molecule has 0 saturated carbocycles. The molecule has 1 atom stereocenters. The molecule has 0 radical (unpaired) electrons. The monoisotopic (exact) mass is 249 g/mol. The first-order valence-electron chi connectivity index (χ1n) is 6.36. The number of nitrogens with zero attached hydrogens (tertiary/aromatic N) is 1. The fourth-order valence-electron chi connectivity index (χ4n) is 2.32. The summed E-state index contributed by atoms with van der Waals surface area (Å²) >= 11 is 0. The molecule has 0 spiro atoms. The lowest BCUT2D eigenvalue weighted by Crippen LogP contribution is -2.14. The number of fused-ring (bicyclic) bond motifs is 1. The third-order valence-electron chi connectivity index (χ3n) is 3.27. The maximum atomic E-state index is 12.1. The molecule has 4 nitrogen and oxygen atoms in total. The highest BCUT2D eigenvalue weighted by atomic mass is 16.5. The quantitative estimate of drug-likeness (QED) is 0.691. The molecule has 1 aromatic rings. The van der Waals surface area contributed by atoms with E-state index >= 15 is 0 Å². The molecule has 0 fully saturated rings. The lowest BCUT2D eigenvalue weighted by Gasteiger charge is -2.09. The van der Waals surface area contributed by atoms with Gasteiger partial charge in [0.25, 0.3) is 0 Å². The Morgan fingerprint density at radius 1 is 1.44 bits per heavy atom. The number of rotatable bonds is 7. The minimum absolute atomic E-state index is 0.0211. The number of hydrogen-bond donors (Lipinski definition) is 0. The lowest BCUT2D eigenvalue weighted by atomic mass is 9.99. The van der Waals surface area contributed by atoms with Crippen molar-refractivity contribution in [2.45, 2.75) is 25.2 Å². The van der Waals surface area contributed by atoms with Gasteiger partial charge in [0.2, 0.25) is 0 Å². The van der Waals surface area contributed by atoms with Gasteiger partial charge in [0, 0.05) is 19.7 Å². The molecule has 0 amide bonds. The number of aromatic nitrogens is 1. The van der Waals surface area contributed by atoms with Gasteiger partial charge in [-0.3, -0.25) is 9.78 Å². The van der Waals surface area contributed by atoms with E-state index in [4.69, 9.17) is 9.47 Å². The van der Waals surface area contributed by atoms with E-state index in [1.807, 2.05) is 6.07 Å². The molecule has 4 heteroatoms. The average molecular weight is 249 g/mol. The maximum absolute atomic E-state index is 12.1. The van der Waals surface area contributed by atoms with E-state index in [1.54, 1.807) is 13.3 Å². The lowest BCUT2D eigenvalue weighted by molar-refractivity contribution is -0.121. The van der Waals surface area contributed by atoms with E-state index in [2.05, 4.69) is 11.1 Å². The van der Waals surface area contributed by atoms with Crippen molar-refractivity contribution in [2.24, 2.45) is 0 Å². The number of carbonyl (C=O) groups excluding carboxylic acids is 1. The highest BCUT2D eigenvalue weighted by Gasteiger charge is 2.28. The van der Waals surface area contributed by atoms with Crippen molar-refractivity contribution in [1.29, 1.82) is 0 Å². The zero-order chi connectivity index (χ0) is 12.8. The Hall–Kier alpha value is -1.26. The van der Waals surface area contributed by atoms with Crippen LogP contribution in [0.3, 0.4) is 0 Å². The highest BCUT2D eigenvalue weighted by molar-refractivity contribution is 5.86. The van der Waals surface area contributed by atoms with Crippen LogP contribution >= 0.6 is 0 Å². The van der Waals surface area contributed by atoms with Gasteiger partial charge in [-0.25, -0.2) is 0 Å². The van der Waals surface area contributed by atoms with E-state index in [-0.39, 0.29) is 11.7 Å². The number of ether oxygens (including phenoxy) is 2. The molecule has 0 aromatic carbocycles. The normalized spacial score (nSPS) is 17.7. The molecule has 0 N–H and O–H groups in total. The topological polar surface area (TPSA) is 48.4 Å². The van der Waals surface area contributed by atoms with Crippen LogP contribution in [0, 0.1) is 0 Å². The number of methoxy groups -OCH3 is 1. The number of pyridine rings is 1. The van der Waals surface area contributed by atoms with E-state index in [0.29, 0.717) is 26.2 Å². The minimum atomic E-state index is -0.0211. The molecule has 1 aromatic heterocycles. The van der Waals surface area contributed by atoms with E-state index in [0.717, 1.165) is 18.5 Å². The van der Waals surface area contributed by atoms with Crippen LogP contribution in [0.2, 0.25) is 0 Å².